The summed E-state index contributed by atoms with van der Waals surface area (Å²) in [5, 5.41) is 12.7. The van der Waals surface area contributed by atoms with Crippen LogP contribution in [0.3, 0.4) is 0 Å². The minimum absolute atomic E-state index is 0.341. The van der Waals surface area contributed by atoms with Gasteiger partial charge in [-0.15, -0.1) is 0 Å². The lowest BCUT2D eigenvalue weighted by molar-refractivity contribution is 0.138. The molecular formula is C17H35N3O. The summed E-state index contributed by atoms with van der Waals surface area (Å²) in [5.41, 5.74) is -0.399. The van der Waals surface area contributed by atoms with E-state index in [2.05, 4.69) is 44.0 Å². The van der Waals surface area contributed by atoms with Gasteiger partial charge in [-0.3, -0.25) is 5.32 Å². The number of nitrogens with zero attached hydrogens (tertiary/aromatic N) is 2. The molecule has 124 valence electrons. The van der Waals surface area contributed by atoms with Crippen LogP contribution in [0.4, 0.5) is 0 Å². The Balaban J connectivity index is 4.10. The van der Waals surface area contributed by atoms with E-state index in [-0.39, 0.29) is 0 Å². The normalized spacial score (nSPS) is 14.7. The Morgan fingerprint density at radius 3 is 2.33 bits per heavy atom. The van der Waals surface area contributed by atoms with Crippen molar-refractivity contribution in [1.29, 1.82) is 5.26 Å². The molecule has 0 aliphatic carbocycles. The van der Waals surface area contributed by atoms with Gasteiger partial charge in [0.15, 0.2) is 0 Å². The van der Waals surface area contributed by atoms with Gasteiger partial charge in [0, 0.05) is 26.2 Å². The van der Waals surface area contributed by atoms with Gasteiger partial charge in [0.25, 0.3) is 0 Å². The Morgan fingerprint density at radius 2 is 1.86 bits per heavy atom. The van der Waals surface area contributed by atoms with Gasteiger partial charge in [-0.1, -0.05) is 13.8 Å². The standard InChI is InChI=1S/C17H35N3O/c1-15(2)13-20(11-12-21-6)10-8-7-9-17(5,14-18)19-16(3)4/h15-16,19H,7-13H2,1-6H3. The Bertz CT molecular complexity index is 299. The first-order chi connectivity index (χ1) is 9.83. The summed E-state index contributed by atoms with van der Waals surface area (Å²) >= 11 is 0. The summed E-state index contributed by atoms with van der Waals surface area (Å²) in [6.07, 6.45) is 3.11. The number of rotatable bonds is 12. The van der Waals surface area contributed by atoms with E-state index in [9.17, 15) is 5.26 Å². The molecule has 0 fully saturated rings. The number of hydrogen-bond donors (Lipinski definition) is 1. The summed E-state index contributed by atoms with van der Waals surface area (Å²) in [7, 11) is 1.75. The van der Waals surface area contributed by atoms with E-state index in [0.717, 1.165) is 45.5 Å². The van der Waals surface area contributed by atoms with Crippen molar-refractivity contribution in [3.8, 4) is 6.07 Å². The van der Waals surface area contributed by atoms with Crippen LogP contribution in [0.25, 0.3) is 0 Å². The number of unbranched alkanes of at least 4 members (excludes halogenated alkanes) is 1. The van der Waals surface area contributed by atoms with Crippen LogP contribution in [0.1, 0.15) is 53.9 Å². The van der Waals surface area contributed by atoms with Gasteiger partial charge in [0.05, 0.1) is 12.7 Å². The fraction of sp³-hybridized carbons (Fsp3) is 0.941. The van der Waals surface area contributed by atoms with E-state index in [1.807, 2.05) is 6.92 Å². The van der Waals surface area contributed by atoms with E-state index in [0.29, 0.717) is 12.0 Å². The molecule has 4 nitrogen and oxygen atoms in total. The van der Waals surface area contributed by atoms with Crippen LogP contribution in [-0.4, -0.2) is 49.8 Å². The number of nitriles is 1. The third-order valence-electron chi connectivity index (χ3n) is 3.49. The van der Waals surface area contributed by atoms with Crippen LogP contribution in [0.5, 0.6) is 0 Å². The maximum absolute atomic E-state index is 9.34. The molecule has 0 rings (SSSR count). The number of hydrogen-bond acceptors (Lipinski definition) is 4. The zero-order valence-corrected chi connectivity index (χ0v) is 14.9. The fourth-order valence-electron chi connectivity index (χ4n) is 2.64. The molecule has 21 heavy (non-hydrogen) atoms. The quantitative estimate of drug-likeness (QED) is 0.563. The third kappa shape index (κ3) is 10.7. The van der Waals surface area contributed by atoms with Gasteiger partial charge in [-0.05, 0) is 52.5 Å². The largest absolute Gasteiger partial charge is 0.383 e. The predicted octanol–water partition coefficient (Wildman–Crippen LogP) is 3.04. The summed E-state index contributed by atoms with van der Waals surface area (Å²) in [5.74, 6) is 0.675. The molecule has 0 amide bonds. The first-order valence-corrected chi connectivity index (χ1v) is 8.23. The average molecular weight is 297 g/mol. The number of nitrogens with one attached hydrogen (secondary N) is 1. The monoisotopic (exact) mass is 297 g/mol. The van der Waals surface area contributed by atoms with Crippen molar-refractivity contribution in [2.75, 3.05) is 33.4 Å². The summed E-state index contributed by atoms with van der Waals surface area (Å²) in [6, 6.07) is 2.76. The molecule has 0 spiro atoms. The fourth-order valence-corrected chi connectivity index (χ4v) is 2.64. The molecule has 0 radical (unpaired) electrons. The van der Waals surface area contributed by atoms with Crippen LogP contribution in [0.15, 0.2) is 0 Å². The van der Waals surface area contributed by atoms with Crippen LogP contribution in [0, 0.1) is 17.2 Å². The van der Waals surface area contributed by atoms with Crippen molar-refractivity contribution < 1.29 is 4.74 Å². The highest BCUT2D eigenvalue weighted by Gasteiger charge is 2.23. The van der Waals surface area contributed by atoms with Gasteiger partial charge in [-0.25, -0.2) is 0 Å². The Kier molecular flexibility index (Phi) is 10.7. The first-order valence-electron chi connectivity index (χ1n) is 8.23. The third-order valence-corrected chi connectivity index (χ3v) is 3.49. The molecule has 1 N–H and O–H groups in total. The summed E-state index contributed by atoms with van der Waals surface area (Å²) in [4.78, 5) is 2.47. The van der Waals surface area contributed by atoms with Crippen LogP contribution in [0.2, 0.25) is 0 Å². The molecular weight excluding hydrogens is 262 g/mol. The molecule has 0 saturated heterocycles. The van der Waals surface area contributed by atoms with Crippen molar-refractivity contribution in [3.05, 3.63) is 0 Å². The Morgan fingerprint density at radius 1 is 1.19 bits per heavy atom. The molecule has 1 unspecified atom stereocenters. The van der Waals surface area contributed by atoms with Crippen LogP contribution >= 0.6 is 0 Å². The Hall–Kier alpha value is -0.630. The molecule has 0 saturated carbocycles. The van der Waals surface area contributed by atoms with Crippen molar-refractivity contribution in [1.82, 2.24) is 10.2 Å². The minimum atomic E-state index is -0.399. The number of methoxy groups -OCH3 is 1. The van der Waals surface area contributed by atoms with Crippen molar-refractivity contribution >= 4 is 0 Å². The van der Waals surface area contributed by atoms with E-state index in [4.69, 9.17) is 4.74 Å². The molecule has 4 heteroatoms. The topological polar surface area (TPSA) is 48.3 Å². The van der Waals surface area contributed by atoms with Crippen molar-refractivity contribution in [3.63, 3.8) is 0 Å². The maximum atomic E-state index is 9.34. The molecule has 0 aliphatic rings. The molecule has 0 aliphatic heterocycles. The maximum Gasteiger partial charge on any atom is 0.104 e. The van der Waals surface area contributed by atoms with E-state index >= 15 is 0 Å². The molecule has 0 heterocycles. The molecule has 0 aromatic heterocycles. The second kappa shape index (κ2) is 11.0. The highest BCUT2D eigenvalue weighted by molar-refractivity contribution is 5.04. The second-order valence-corrected chi connectivity index (χ2v) is 6.89. The summed E-state index contributed by atoms with van der Waals surface area (Å²) in [6.45, 7) is 14.7. The lowest BCUT2D eigenvalue weighted by Crippen LogP contribution is -2.45. The zero-order chi connectivity index (χ0) is 16.3. The smallest absolute Gasteiger partial charge is 0.104 e. The van der Waals surface area contributed by atoms with E-state index < -0.39 is 5.54 Å². The molecule has 0 bridgehead atoms. The summed E-state index contributed by atoms with van der Waals surface area (Å²) < 4.78 is 5.18. The van der Waals surface area contributed by atoms with Crippen molar-refractivity contribution in [2.45, 2.75) is 65.5 Å². The predicted molar refractivity (Wildman–Crippen MR) is 89.3 cm³/mol. The SMILES string of the molecule is COCCN(CCCCC(C)(C#N)NC(C)C)CC(C)C. The lowest BCUT2D eigenvalue weighted by Gasteiger charge is -2.27. The van der Waals surface area contributed by atoms with Crippen molar-refractivity contribution in [2.24, 2.45) is 5.92 Å². The van der Waals surface area contributed by atoms with Crippen LogP contribution in [-0.2, 0) is 4.74 Å². The Labute approximate surface area is 131 Å². The zero-order valence-electron chi connectivity index (χ0n) is 14.9. The minimum Gasteiger partial charge on any atom is -0.383 e. The number of ether oxygens (including phenoxy) is 1. The van der Waals surface area contributed by atoms with E-state index in [1.165, 1.54) is 0 Å². The van der Waals surface area contributed by atoms with Gasteiger partial charge in [-0.2, -0.15) is 5.26 Å². The van der Waals surface area contributed by atoms with Gasteiger partial charge < -0.3 is 9.64 Å². The molecule has 0 aromatic carbocycles. The highest BCUT2D eigenvalue weighted by atomic mass is 16.5. The average Bonchev–Trinajstić information content (AvgIpc) is 2.39. The van der Waals surface area contributed by atoms with E-state index in [1.54, 1.807) is 7.11 Å². The first kappa shape index (κ1) is 20.4. The van der Waals surface area contributed by atoms with Gasteiger partial charge in [0.2, 0.25) is 0 Å². The molecule has 1 atom stereocenters. The molecule has 0 aromatic rings. The van der Waals surface area contributed by atoms with Gasteiger partial charge in [0.1, 0.15) is 5.54 Å². The highest BCUT2D eigenvalue weighted by Crippen LogP contribution is 2.14. The van der Waals surface area contributed by atoms with Gasteiger partial charge >= 0.3 is 0 Å². The second-order valence-electron chi connectivity index (χ2n) is 6.89. The lowest BCUT2D eigenvalue weighted by atomic mass is 9.95. The van der Waals surface area contributed by atoms with Crippen LogP contribution < -0.4 is 5.32 Å².